The first kappa shape index (κ1) is 22.1. The first-order chi connectivity index (χ1) is 10.9. The van der Waals surface area contributed by atoms with Gasteiger partial charge in [-0.25, -0.2) is 0 Å². The minimum atomic E-state index is -1.71. The Morgan fingerprint density at radius 2 is 1.16 bits per heavy atom. The molecular weight excluding hydrogens is 336 g/mol. The Morgan fingerprint density at radius 3 is 1.44 bits per heavy atom. The van der Waals surface area contributed by atoms with Crippen molar-refractivity contribution in [3.05, 3.63) is 28.8 Å². The molecule has 0 bridgehead atoms. The largest absolute Gasteiger partial charge is 0.544 e. The molecule has 0 saturated heterocycles. The number of hydrogen-bond acceptors (Lipinski definition) is 1. The van der Waals surface area contributed by atoms with Crippen molar-refractivity contribution in [2.75, 3.05) is 0 Å². The van der Waals surface area contributed by atoms with Crippen molar-refractivity contribution >= 4 is 16.4 Å². The van der Waals surface area contributed by atoms with E-state index in [-0.39, 0.29) is 10.8 Å². The summed E-state index contributed by atoms with van der Waals surface area (Å²) >= 11 is 0. The van der Waals surface area contributed by atoms with Crippen molar-refractivity contribution in [2.45, 2.75) is 91.7 Å². The van der Waals surface area contributed by atoms with Crippen molar-refractivity contribution in [1.82, 2.24) is 0 Å². The van der Waals surface area contributed by atoms with Crippen molar-refractivity contribution in [2.24, 2.45) is 0 Å². The Morgan fingerprint density at radius 1 is 0.760 bits per heavy atom. The Labute approximate surface area is 158 Å². The van der Waals surface area contributed by atoms with Crippen LogP contribution in [0, 0.1) is 11.5 Å². The van der Waals surface area contributed by atoms with Gasteiger partial charge >= 0.3 is 0 Å². The molecule has 0 N–H and O–H groups in total. The molecule has 1 aromatic carbocycles. The van der Waals surface area contributed by atoms with Gasteiger partial charge in [0.1, 0.15) is 13.8 Å². The molecule has 0 atom stereocenters. The predicted octanol–water partition coefficient (Wildman–Crippen LogP) is 6.72. The highest BCUT2D eigenvalue weighted by Crippen LogP contribution is 2.41. The van der Waals surface area contributed by atoms with Gasteiger partial charge in [-0.15, -0.1) is 5.54 Å². The highest BCUT2D eigenvalue weighted by molar-refractivity contribution is 6.83. The molecule has 0 aromatic heterocycles. The van der Waals surface area contributed by atoms with E-state index in [1.807, 2.05) is 0 Å². The van der Waals surface area contributed by atoms with Gasteiger partial charge in [0.25, 0.3) is 0 Å². The Hall–Kier alpha value is -0.986. The summed E-state index contributed by atoms with van der Waals surface area (Å²) in [6.45, 7) is 27.2. The average molecular weight is 375 g/mol. The van der Waals surface area contributed by atoms with Gasteiger partial charge in [-0.3, -0.25) is 0 Å². The standard InChI is InChI=1S/C22H38OSi2/c1-21(2,3)18-15-17(13-14-24(7,8)9)16-19(22(4,5)6)20(18)23-25(10,11)12/h15-16H,1-12H3. The molecule has 0 aliphatic rings. The Balaban J connectivity index is 3.77. The summed E-state index contributed by atoms with van der Waals surface area (Å²) in [7, 11) is -3.12. The van der Waals surface area contributed by atoms with Gasteiger partial charge in [-0.1, -0.05) is 67.1 Å². The van der Waals surface area contributed by atoms with Crippen LogP contribution in [-0.4, -0.2) is 16.4 Å². The first-order valence-electron chi connectivity index (χ1n) is 9.31. The van der Waals surface area contributed by atoms with Crippen LogP contribution in [0.5, 0.6) is 5.75 Å². The summed E-state index contributed by atoms with van der Waals surface area (Å²) in [4.78, 5) is 0. The second-order valence-electron chi connectivity index (χ2n) is 11.1. The fraction of sp³-hybridized carbons (Fsp3) is 0.636. The van der Waals surface area contributed by atoms with Crippen LogP contribution in [0.25, 0.3) is 0 Å². The molecule has 25 heavy (non-hydrogen) atoms. The zero-order chi connectivity index (χ0) is 19.8. The second-order valence-corrected chi connectivity index (χ2v) is 20.3. The van der Waals surface area contributed by atoms with Gasteiger partial charge in [0.15, 0.2) is 0 Å². The fourth-order valence-corrected chi connectivity index (χ4v) is 3.84. The second kappa shape index (κ2) is 6.97. The van der Waals surface area contributed by atoms with Gasteiger partial charge in [-0.05, 0) is 53.7 Å². The molecule has 1 nitrogen and oxygen atoms in total. The SMILES string of the molecule is CC(C)(C)c1cc(C#C[Si](C)(C)C)cc(C(C)(C)C)c1O[Si](C)(C)C. The first-order valence-corrected chi connectivity index (χ1v) is 16.2. The van der Waals surface area contributed by atoms with Crippen LogP contribution in [-0.2, 0) is 10.8 Å². The summed E-state index contributed by atoms with van der Waals surface area (Å²) in [5.74, 6) is 4.56. The van der Waals surface area contributed by atoms with Crippen molar-refractivity contribution in [3.63, 3.8) is 0 Å². The maximum absolute atomic E-state index is 6.62. The van der Waals surface area contributed by atoms with Crippen molar-refractivity contribution < 1.29 is 4.43 Å². The lowest BCUT2D eigenvalue weighted by Gasteiger charge is -2.33. The minimum absolute atomic E-state index is 0.0197. The van der Waals surface area contributed by atoms with E-state index in [4.69, 9.17) is 4.43 Å². The normalized spacial score (nSPS) is 13.3. The Kier molecular flexibility index (Phi) is 6.15. The number of benzene rings is 1. The van der Waals surface area contributed by atoms with E-state index in [0.29, 0.717) is 0 Å². The van der Waals surface area contributed by atoms with Gasteiger partial charge in [0.05, 0.1) is 0 Å². The van der Waals surface area contributed by atoms with Gasteiger partial charge in [-0.2, -0.15) is 0 Å². The Bertz CT molecular complexity index is 643. The third-order valence-electron chi connectivity index (χ3n) is 3.70. The third-order valence-corrected chi connectivity index (χ3v) is 5.39. The molecule has 1 rings (SSSR count). The lowest BCUT2D eigenvalue weighted by atomic mass is 9.78. The zero-order valence-corrected chi connectivity index (χ0v) is 20.6. The fourth-order valence-electron chi connectivity index (χ4n) is 2.49. The summed E-state index contributed by atoms with van der Waals surface area (Å²) < 4.78 is 6.62. The number of hydrogen-bond donors (Lipinski definition) is 0. The van der Waals surface area contributed by atoms with E-state index >= 15 is 0 Å². The van der Waals surface area contributed by atoms with Crippen LogP contribution in [0.3, 0.4) is 0 Å². The van der Waals surface area contributed by atoms with E-state index in [9.17, 15) is 0 Å². The average Bonchev–Trinajstić information content (AvgIpc) is 2.31. The van der Waals surface area contributed by atoms with Gasteiger partial charge in [0.2, 0.25) is 8.32 Å². The van der Waals surface area contributed by atoms with Crippen LogP contribution < -0.4 is 4.43 Å². The lowest BCUT2D eigenvalue weighted by Crippen LogP contribution is -2.32. The van der Waals surface area contributed by atoms with Crippen LogP contribution in [0.1, 0.15) is 58.2 Å². The third kappa shape index (κ3) is 7.03. The molecule has 0 radical (unpaired) electrons. The van der Waals surface area contributed by atoms with E-state index < -0.39 is 16.4 Å². The molecule has 0 spiro atoms. The van der Waals surface area contributed by atoms with E-state index in [2.05, 4.69) is 104 Å². The predicted molar refractivity (Wildman–Crippen MR) is 118 cm³/mol. The maximum Gasteiger partial charge on any atom is 0.242 e. The van der Waals surface area contributed by atoms with Crippen molar-refractivity contribution in [3.8, 4) is 17.2 Å². The molecule has 0 aliphatic heterocycles. The summed E-state index contributed by atoms with van der Waals surface area (Å²) in [5, 5.41) is 0. The maximum atomic E-state index is 6.62. The van der Waals surface area contributed by atoms with Crippen LogP contribution in [0.4, 0.5) is 0 Å². The molecular formula is C22H38OSi2. The summed E-state index contributed by atoms with van der Waals surface area (Å²) in [6.07, 6.45) is 0. The van der Waals surface area contributed by atoms with E-state index in [1.165, 1.54) is 11.1 Å². The summed E-state index contributed by atoms with van der Waals surface area (Å²) in [5.41, 5.74) is 7.24. The lowest BCUT2D eigenvalue weighted by molar-refractivity contribution is 0.477. The molecule has 0 fully saturated rings. The number of rotatable bonds is 2. The monoisotopic (exact) mass is 374 g/mol. The van der Waals surface area contributed by atoms with E-state index in [1.54, 1.807) is 0 Å². The molecule has 0 amide bonds. The molecule has 1 aromatic rings. The van der Waals surface area contributed by atoms with E-state index in [0.717, 1.165) is 11.3 Å². The molecule has 0 saturated carbocycles. The van der Waals surface area contributed by atoms with Crippen LogP contribution in [0.2, 0.25) is 39.3 Å². The smallest absolute Gasteiger partial charge is 0.242 e. The van der Waals surface area contributed by atoms with Crippen LogP contribution in [0.15, 0.2) is 12.1 Å². The summed E-state index contributed by atoms with van der Waals surface area (Å²) in [6, 6.07) is 4.52. The molecule has 3 heteroatoms. The van der Waals surface area contributed by atoms with Crippen molar-refractivity contribution in [1.29, 1.82) is 0 Å². The zero-order valence-electron chi connectivity index (χ0n) is 18.6. The van der Waals surface area contributed by atoms with Crippen LogP contribution >= 0.6 is 0 Å². The molecule has 140 valence electrons. The quantitative estimate of drug-likeness (QED) is 0.412. The molecule has 0 heterocycles. The molecule has 0 aliphatic carbocycles. The van der Waals surface area contributed by atoms with Gasteiger partial charge < -0.3 is 4.43 Å². The van der Waals surface area contributed by atoms with Gasteiger partial charge in [0, 0.05) is 5.56 Å². The minimum Gasteiger partial charge on any atom is -0.544 e. The molecule has 0 unspecified atom stereocenters. The highest BCUT2D eigenvalue weighted by Gasteiger charge is 2.30. The topological polar surface area (TPSA) is 9.23 Å². The highest BCUT2D eigenvalue weighted by atomic mass is 28.4.